The number of aryl methyl sites for hydroxylation is 1. The summed E-state index contributed by atoms with van der Waals surface area (Å²) in [6, 6.07) is 7.66. The normalized spacial score (nSPS) is 15.0. The molecule has 0 fully saturated rings. The molecule has 1 aliphatic rings. The van der Waals surface area contributed by atoms with E-state index in [4.69, 9.17) is 4.74 Å². The fourth-order valence-electron chi connectivity index (χ4n) is 2.51. The van der Waals surface area contributed by atoms with Crippen molar-refractivity contribution in [3.63, 3.8) is 0 Å². The highest BCUT2D eigenvalue weighted by Crippen LogP contribution is 2.46. The molecule has 4 heteroatoms. The van der Waals surface area contributed by atoms with Gasteiger partial charge in [0, 0.05) is 11.1 Å². The van der Waals surface area contributed by atoms with Gasteiger partial charge in [-0.25, -0.2) is 0 Å². The molecule has 1 aliphatic heterocycles. The van der Waals surface area contributed by atoms with E-state index in [0.717, 1.165) is 11.1 Å². The smallest absolute Gasteiger partial charge is 0.235 e. The molecular formula is C18H16O4. The zero-order chi connectivity index (χ0) is 16.0. The largest absolute Gasteiger partial charge is 0.507 e. The number of carbonyl (C=O) groups excluding carboxylic acids is 1. The van der Waals surface area contributed by atoms with Gasteiger partial charge >= 0.3 is 0 Å². The summed E-state index contributed by atoms with van der Waals surface area (Å²) in [5.74, 6) is -0.290. The van der Waals surface area contributed by atoms with Crippen molar-refractivity contribution in [3.05, 3.63) is 57.8 Å². The monoisotopic (exact) mass is 296 g/mol. The van der Waals surface area contributed by atoms with Gasteiger partial charge in [0.05, 0.1) is 0 Å². The van der Waals surface area contributed by atoms with Crippen LogP contribution in [0.5, 0.6) is 17.2 Å². The maximum atomic E-state index is 12.5. The molecule has 0 aromatic heterocycles. The number of phenolic OH excluding ortho intramolecular Hbond substituents is 2. The maximum Gasteiger partial charge on any atom is 0.235 e. The van der Waals surface area contributed by atoms with Gasteiger partial charge in [-0.2, -0.15) is 0 Å². The van der Waals surface area contributed by atoms with Crippen LogP contribution in [0.25, 0.3) is 6.08 Å². The molecular weight excluding hydrogens is 280 g/mol. The molecule has 3 rings (SSSR count). The van der Waals surface area contributed by atoms with Crippen LogP contribution in [0.3, 0.4) is 0 Å². The van der Waals surface area contributed by atoms with Gasteiger partial charge in [0.1, 0.15) is 22.8 Å². The van der Waals surface area contributed by atoms with Crippen LogP contribution in [0, 0.1) is 20.8 Å². The molecule has 0 atom stereocenters. The number of phenols is 2. The minimum Gasteiger partial charge on any atom is -0.507 e. The van der Waals surface area contributed by atoms with Gasteiger partial charge in [0.25, 0.3) is 0 Å². The molecule has 0 saturated carbocycles. The zero-order valence-corrected chi connectivity index (χ0v) is 12.6. The van der Waals surface area contributed by atoms with Gasteiger partial charge in [0.2, 0.25) is 5.78 Å². The van der Waals surface area contributed by atoms with E-state index in [1.807, 2.05) is 31.2 Å². The first kappa shape index (κ1) is 14.2. The molecule has 0 bridgehead atoms. The Bertz CT molecular complexity index is 814. The lowest BCUT2D eigenvalue weighted by atomic mass is 10.00. The van der Waals surface area contributed by atoms with Crippen molar-refractivity contribution in [2.45, 2.75) is 20.8 Å². The molecule has 112 valence electrons. The SMILES string of the molecule is Cc1ccc(/C=C2\Oc3c(C)c(O)c(C)c(O)c3C2=O)cc1. The van der Waals surface area contributed by atoms with Crippen LogP contribution in [0.1, 0.15) is 32.6 Å². The fraction of sp³-hybridized carbons (Fsp3) is 0.167. The van der Waals surface area contributed by atoms with Crippen LogP contribution in [0.4, 0.5) is 0 Å². The summed E-state index contributed by atoms with van der Waals surface area (Å²) in [5, 5.41) is 20.1. The number of carbonyl (C=O) groups is 1. The molecule has 0 radical (unpaired) electrons. The average molecular weight is 296 g/mol. The minimum absolute atomic E-state index is 0.0550. The number of hydrogen-bond donors (Lipinski definition) is 2. The Morgan fingerprint density at radius 3 is 2.23 bits per heavy atom. The van der Waals surface area contributed by atoms with Crippen LogP contribution >= 0.6 is 0 Å². The van der Waals surface area contributed by atoms with Crippen molar-refractivity contribution < 1.29 is 19.7 Å². The van der Waals surface area contributed by atoms with Crippen LogP contribution < -0.4 is 4.74 Å². The molecule has 1 heterocycles. The first-order chi connectivity index (χ1) is 10.4. The minimum atomic E-state index is -0.376. The highest BCUT2D eigenvalue weighted by molar-refractivity contribution is 6.16. The predicted molar refractivity (Wildman–Crippen MR) is 83.4 cm³/mol. The van der Waals surface area contributed by atoms with Crippen molar-refractivity contribution in [3.8, 4) is 17.2 Å². The highest BCUT2D eigenvalue weighted by atomic mass is 16.5. The van der Waals surface area contributed by atoms with Crippen molar-refractivity contribution in [1.29, 1.82) is 0 Å². The van der Waals surface area contributed by atoms with Crippen LogP contribution in [-0.2, 0) is 0 Å². The van der Waals surface area contributed by atoms with Crippen LogP contribution in [0.15, 0.2) is 30.0 Å². The van der Waals surface area contributed by atoms with E-state index in [1.54, 1.807) is 19.9 Å². The highest BCUT2D eigenvalue weighted by Gasteiger charge is 2.34. The number of allylic oxidation sites excluding steroid dienone is 1. The predicted octanol–water partition coefficient (Wildman–Crippen LogP) is 3.64. The second-order valence-corrected chi connectivity index (χ2v) is 5.50. The van der Waals surface area contributed by atoms with E-state index in [1.165, 1.54) is 0 Å². The average Bonchev–Trinajstić information content (AvgIpc) is 2.82. The van der Waals surface area contributed by atoms with Gasteiger partial charge in [0.15, 0.2) is 5.76 Å². The van der Waals surface area contributed by atoms with Crippen molar-refractivity contribution >= 4 is 11.9 Å². The summed E-state index contributed by atoms with van der Waals surface area (Å²) < 4.78 is 5.59. The summed E-state index contributed by atoms with van der Waals surface area (Å²) in [6.07, 6.45) is 1.63. The Morgan fingerprint density at radius 2 is 1.59 bits per heavy atom. The molecule has 2 N–H and O–H groups in total. The van der Waals surface area contributed by atoms with Gasteiger partial charge < -0.3 is 14.9 Å². The molecule has 22 heavy (non-hydrogen) atoms. The molecule has 0 spiro atoms. The summed E-state index contributed by atoms with van der Waals surface area (Å²) >= 11 is 0. The van der Waals surface area contributed by atoms with Crippen molar-refractivity contribution in [2.75, 3.05) is 0 Å². The molecule has 0 aliphatic carbocycles. The summed E-state index contributed by atoms with van der Waals surface area (Å²) in [6.45, 7) is 5.20. The third-order valence-corrected chi connectivity index (χ3v) is 3.91. The lowest BCUT2D eigenvalue weighted by Gasteiger charge is -2.09. The van der Waals surface area contributed by atoms with Crippen LogP contribution in [-0.4, -0.2) is 16.0 Å². The Kier molecular flexibility index (Phi) is 3.17. The molecule has 0 saturated heterocycles. The quantitative estimate of drug-likeness (QED) is 0.788. The van der Waals surface area contributed by atoms with Crippen molar-refractivity contribution in [1.82, 2.24) is 0 Å². The summed E-state index contributed by atoms with van der Waals surface area (Å²) in [5.41, 5.74) is 2.81. The van der Waals surface area contributed by atoms with Gasteiger partial charge in [-0.3, -0.25) is 4.79 Å². The number of ketones is 1. The summed E-state index contributed by atoms with van der Waals surface area (Å²) in [4.78, 5) is 12.5. The molecule has 2 aromatic carbocycles. The van der Waals surface area contributed by atoms with E-state index in [0.29, 0.717) is 5.56 Å². The van der Waals surface area contributed by atoms with Gasteiger partial charge in [-0.15, -0.1) is 0 Å². The van der Waals surface area contributed by atoms with Crippen molar-refractivity contribution in [2.24, 2.45) is 0 Å². The van der Waals surface area contributed by atoms with Crippen LogP contribution in [0.2, 0.25) is 0 Å². The Morgan fingerprint density at radius 1 is 0.955 bits per heavy atom. The van der Waals surface area contributed by atoms with E-state index in [2.05, 4.69) is 0 Å². The van der Waals surface area contributed by atoms with E-state index < -0.39 is 0 Å². The van der Waals surface area contributed by atoms with E-state index in [9.17, 15) is 15.0 Å². The Balaban J connectivity index is 2.10. The number of rotatable bonds is 1. The molecule has 4 nitrogen and oxygen atoms in total. The Hall–Kier alpha value is -2.75. The third-order valence-electron chi connectivity index (χ3n) is 3.91. The first-order valence-corrected chi connectivity index (χ1v) is 6.96. The number of hydrogen-bond acceptors (Lipinski definition) is 4. The number of ether oxygens (including phenoxy) is 1. The number of fused-ring (bicyclic) bond motifs is 1. The lowest BCUT2D eigenvalue weighted by molar-refractivity contribution is 0.101. The topological polar surface area (TPSA) is 66.8 Å². The standard InChI is InChI=1S/C18H16O4/c1-9-4-6-12(7-5-9)8-13-17(21)14-16(20)10(2)15(19)11(3)18(14)22-13/h4-8,19-20H,1-3H3/b13-8-. The number of aromatic hydroxyl groups is 2. The maximum absolute atomic E-state index is 12.5. The zero-order valence-electron chi connectivity index (χ0n) is 12.6. The molecule has 0 unspecified atom stereocenters. The first-order valence-electron chi connectivity index (χ1n) is 6.96. The van der Waals surface area contributed by atoms with Gasteiger partial charge in [-0.05, 0) is 32.4 Å². The number of Topliss-reactive ketones (excluding diaryl/α,β-unsaturated/α-hetero) is 1. The summed E-state index contributed by atoms with van der Waals surface area (Å²) in [7, 11) is 0. The number of benzene rings is 2. The molecule has 2 aromatic rings. The Labute approximate surface area is 128 Å². The third kappa shape index (κ3) is 2.04. The van der Waals surface area contributed by atoms with Gasteiger partial charge in [-0.1, -0.05) is 29.8 Å². The van der Waals surface area contributed by atoms with E-state index in [-0.39, 0.29) is 39.9 Å². The second-order valence-electron chi connectivity index (χ2n) is 5.50. The molecule has 0 amide bonds. The lowest BCUT2D eigenvalue weighted by Crippen LogP contribution is -1.98. The fourth-order valence-corrected chi connectivity index (χ4v) is 2.51. The second kappa shape index (κ2) is 4.91. The van der Waals surface area contributed by atoms with E-state index >= 15 is 0 Å².